The Labute approximate surface area is 214 Å². The van der Waals surface area contributed by atoms with Crippen molar-refractivity contribution in [2.24, 2.45) is 5.92 Å². The van der Waals surface area contributed by atoms with Gasteiger partial charge in [-0.15, -0.1) is 0 Å². The molecule has 2 aromatic carbocycles. The molecule has 36 heavy (non-hydrogen) atoms. The van der Waals surface area contributed by atoms with E-state index in [2.05, 4.69) is 17.4 Å². The van der Waals surface area contributed by atoms with E-state index in [-0.39, 0.29) is 23.8 Å². The molecule has 2 aliphatic rings. The Hall–Kier alpha value is -3.19. The molecule has 192 valence electrons. The summed E-state index contributed by atoms with van der Waals surface area (Å²) in [5.41, 5.74) is 3.06. The van der Waals surface area contributed by atoms with Gasteiger partial charge in [-0.1, -0.05) is 48.0 Å². The van der Waals surface area contributed by atoms with Crippen molar-refractivity contribution in [2.45, 2.75) is 45.1 Å². The molecule has 2 fully saturated rings. The number of amides is 4. The summed E-state index contributed by atoms with van der Waals surface area (Å²) in [5.74, 6) is -0.103. The van der Waals surface area contributed by atoms with Crippen LogP contribution in [-0.4, -0.2) is 78.4 Å². The van der Waals surface area contributed by atoms with Crippen LogP contribution >= 0.6 is 0 Å². The Morgan fingerprint density at radius 2 is 1.75 bits per heavy atom. The molecular weight excluding hydrogens is 452 g/mol. The van der Waals surface area contributed by atoms with Crippen LogP contribution in [0.4, 0.5) is 4.79 Å². The number of likely N-dealkylation sites (tertiary alicyclic amines) is 1. The first kappa shape index (κ1) is 25.9. The molecule has 0 bridgehead atoms. The van der Waals surface area contributed by atoms with Crippen molar-refractivity contribution in [3.05, 3.63) is 70.8 Å². The van der Waals surface area contributed by atoms with Gasteiger partial charge in [-0.3, -0.25) is 14.5 Å². The molecule has 0 aliphatic carbocycles. The van der Waals surface area contributed by atoms with E-state index in [9.17, 15) is 14.4 Å². The Kier molecular flexibility index (Phi) is 7.79. The molecule has 1 N–H and O–H groups in total. The molecule has 0 radical (unpaired) electrons. The van der Waals surface area contributed by atoms with Crippen LogP contribution in [0.5, 0.6) is 0 Å². The van der Waals surface area contributed by atoms with Crippen molar-refractivity contribution in [3.8, 4) is 0 Å². The highest BCUT2D eigenvalue weighted by Crippen LogP contribution is 2.37. The van der Waals surface area contributed by atoms with E-state index in [1.165, 1.54) is 4.90 Å². The van der Waals surface area contributed by atoms with E-state index in [1.54, 1.807) is 0 Å². The van der Waals surface area contributed by atoms with Crippen LogP contribution in [0.1, 0.15) is 46.3 Å². The number of aryl methyl sites for hydroxylation is 3. The van der Waals surface area contributed by atoms with Crippen LogP contribution in [-0.2, 0) is 11.2 Å². The van der Waals surface area contributed by atoms with E-state index >= 15 is 0 Å². The SMILES string of the molecule is Cc1ccc(C(=O)N2CCC([C@]3(CCc4ccccc4)NC(=O)N(CCN(C)C)C3=O)CC2)c(C)c1. The van der Waals surface area contributed by atoms with E-state index in [0.717, 1.165) is 22.3 Å². The third-order valence-electron chi connectivity index (χ3n) is 7.71. The summed E-state index contributed by atoms with van der Waals surface area (Å²) >= 11 is 0. The number of piperidine rings is 1. The van der Waals surface area contributed by atoms with E-state index < -0.39 is 5.54 Å². The Morgan fingerprint density at radius 3 is 2.39 bits per heavy atom. The zero-order valence-electron chi connectivity index (χ0n) is 21.9. The minimum Gasteiger partial charge on any atom is -0.339 e. The number of nitrogens with one attached hydrogen (secondary N) is 1. The lowest BCUT2D eigenvalue weighted by molar-refractivity contribution is -0.134. The predicted octanol–water partition coefficient (Wildman–Crippen LogP) is 3.64. The highest BCUT2D eigenvalue weighted by atomic mass is 16.2. The molecule has 2 heterocycles. The molecule has 7 heteroatoms. The van der Waals surface area contributed by atoms with Gasteiger partial charge in [0, 0.05) is 31.7 Å². The molecule has 0 spiro atoms. The smallest absolute Gasteiger partial charge is 0.325 e. The maximum Gasteiger partial charge on any atom is 0.325 e. The molecule has 4 rings (SSSR count). The lowest BCUT2D eigenvalue weighted by Gasteiger charge is -2.41. The van der Waals surface area contributed by atoms with Crippen LogP contribution in [0.25, 0.3) is 0 Å². The summed E-state index contributed by atoms with van der Waals surface area (Å²) < 4.78 is 0. The first-order chi connectivity index (χ1) is 17.2. The zero-order chi connectivity index (χ0) is 25.9. The second kappa shape index (κ2) is 10.8. The van der Waals surface area contributed by atoms with Gasteiger partial charge in [0.15, 0.2) is 0 Å². The average molecular weight is 491 g/mol. The van der Waals surface area contributed by atoms with Gasteiger partial charge >= 0.3 is 6.03 Å². The molecular formula is C29H38N4O3. The van der Waals surface area contributed by atoms with Crippen molar-refractivity contribution in [3.63, 3.8) is 0 Å². The molecule has 1 atom stereocenters. The third-order valence-corrected chi connectivity index (χ3v) is 7.71. The molecule has 2 aliphatic heterocycles. The Morgan fingerprint density at radius 1 is 1.06 bits per heavy atom. The van der Waals surface area contributed by atoms with Crippen molar-refractivity contribution in [1.82, 2.24) is 20.0 Å². The monoisotopic (exact) mass is 490 g/mol. The summed E-state index contributed by atoms with van der Waals surface area (Å²) in [4.78, 5) is 45.3. The number of nitrogens with zero attached hydrogens (tertiary/aromatic N) is 3. The summed E-state index contributed by atoms with van der Waals surface area (Å²) in [6.45, 7) is 6.14. The number of carbonyl (C=O) groups excluding carboxylic acids is 3. The number of benzene rings is 2. The number of hydrogen-bond acceptors (Lipinski definition) is 4. The molecule has 7 nitrogen and oxygen atoms in total. The number of imide groups is 1. The number of rotatable bonds is 8. The zero-order valence-corrected chi connectivity index (χ0v) is 21.9. The number of carbonyl (C=O) groups is 3. The van der Waals surface area contributed by atoms with Crippen molar-refractivity contribution < 1.29 is 14.4 Å². The van der Waals surface area contributed by atoms with Gasteiger partial charge in [-0.05, 0) is 76.7 Å². The van der Waals surface area contributed by atoms with Gasteiger partial charge in [0.25, 0.3) is 11.8 Å². The topological polar surface area (TPSA) is 73.0 Å². The van der Waals surface area contributed by atoms with E-state index in [0.29, 0.717) is 51.9 Å². The maximum atomic E-state index is 13.8. The largest absolute Gasteiger partial charge is 0.339 e. The van der Waals surface area contributed by atoms with Gasteiger partial charge in [0.2, 0.25) is 0 Å². The molecule has 0 aromatic heterocycles. The second-order valence-corrected chi connectivity index (χ2v) is 10.5. The quantitative estimate of drug-likeness (QED) is 0.574. The van der Waals surface area contributed by atoms with Gasteiger partial charge in [0.1, 0.15) is 5.54 Å². The van der Waals surface area contributed by atoms with Crippen molar-refractivity contribution >= 4 is 17.8 Å². The predicted molar refractivity (Wildman–Crippen MR) is 141 cm³/mol. The fourth-order valence-corrected chi connectivity index (χ4v) is 5.58. The summed E-state index contributed by atoms with van der Waals surface area (Å²) in [5, 5.41) is 3.14. The van der Waals surface area contributed by atoms with Crippen LogP contribution in [0, 0.1) is 19.8 Å². The van der Waals surface area contributed by atoms with Crippen molar-refractivity contribution in [1.29, 1.82) is 0 Å². The normalized spacial score (nSPS) is 20.8. The highest BCUT2D eigenvalue weighted by Gasteiger charge is 2.55. The number of urea groups is 1. The molecule has 2 aromatic rings. The molecule has 2 saturated heterocycles. The fraction of sp³-hybridized carbons (Fsp3) is 0.483. The first-order valence-electron chi connectivity index (χ1n) is 12.9. The van der Waals surface area contributed by atoms with Gasteiger partial charge in [0.05, 0.1) is 0 Å². The van der Waals surface area contributed by atoms with E-state index in [1.807, 2.05) is 74.1 Å². The number of likely N-dealkylation sites (N-methyl/N-ethyl adjacent to an activating group) is 1. The van der Waals surface area contributed by atoms with Gasteiger partial charge in [-0.2, -0.15) is 0 Å². The lowest BCUT2D eigenvalue weighted by Crippen LogP contribution is -2.57. The van der Waals surface area contributed by atoms with Crippen LogP contribution in [0.15, 0.2) is 48.5 Å². The van der Waals surface area contributed by atoms with Crippen molar-refractivity contribution in [2.75, 3.05) is 40.3 Å². The average Bonchev–Trinajstić information content (AvgIpc) is 3.11. The van der Waals surface area contributed by atoms with Crippen LogP contribution < -0.4 is 5.32 Å². The first-order valence-corrected chi connectivity index (χ1v) is 12.9. The summed E-state index contributed by atoms with van der Waals surface area (Å²) in [7, 11) is 3.87. The standard InChI is InChI=1S/C29H38N4O3/c1-21-10-11-25(22(2)20-21)26(34)32-16-13-24(14-17-32)29(15-12-23-8-6-5-7-9-23)27(35)33(28(36)30-29)19-18-31(3)4/h5-11,20,24H,12-19H2,1-4H3,(H,30,36)/t29-/m0/s1. The Bertz CT molecular complexity index is 1110. The highest BCUT2D eigenvalue weighted by molar-refractivity contribution is 6.07. The molecule has 4 amide bonds. The number of hydrogen-bond donors (Lipinski definition) is 1. The minimum absolute atomic E-state index is 0.0230. The van der Waals surface area contributed by atoms with Crippen LogP contribution in [0.3, 0.4) is 0 Å². The third kappa shape index (κ3) is 5.31. The molecule has 0 unspecified atom stereocenters. The molecule has 0 saturated carbocycles. The van der Waals surface area contributed by atoms with E-state index in [4.69, 9.17) is 0 Å². The second-order valence-electron chi connectivity index (χ2n) is 10.5. The summed E-state index contributed by atoms with van der Waals surface area (Å²) in [6, 6.07) is 15.7. The maximum absolute atomic E-state index is 13.8. The lowest BCUT2D eigenvalue weighted by atomic mass is 9.74. The minimum atomic E-state index is -0.936. The summed E-state index contributed by atoms with van der Waals surface area (Å²) in [6.07, 6.45) is 2.61. The Balaban J connectivity index is 1.52. The van der Waals surface area contributed by atoms with Gasteiger partial charge < -0.3 is 15.1 Å². The van der Waals surface area contributed by atoms with Crippen LogP contribution in [0.2, 0.25) is 0 Å². The van der Waals surface area contributed by atoms with Gasteiger partial charge in [-0.25, -0.2) is 4.79 Å². The fourth-order valence-electron chi connectivity index (χ4n) is 5.58.